The second-order valence-corrected chi connectivity index (χ2v) is 5.14. The Labute approximate surface area is 118 Å². The first-order valence-electron chi connectivity index (χ1n) is 6.80. The maximum absolute atomic E-state index is 12.2. The van der Waals surface area contributed by atoms with Crippen molar-refractivity contribution in [2.75, 3.05) is 11.9 Å². The summed E-state index contributed by atoms with van der Waals surface area (Å²) in [5, 5.41) is 10.5. The average Bonchev–Trinajstić information content (AvgIpc) is 2.90. The van der Waals surface area contributed by atoms with E-state index in [9.17, 15) is 4.79 Å². The number of nitrogens with one attached hydrogen (secondary N) is 2. The third-order valence-electron chi connectivity index (χ3n) is 3.61. The number of nitrogens with zero attached hydrogens (tertiary/aromatic N) is 2. The summed E-state index contributed by atoms with van der Waals surface area (Å²) < 4.78 is 1.74. The minimum atomic E-state index is -0.0198. The summed E-state index contributed by atoms with van der Waals surface area (Å²) in [4.78, 5) is 12.2. The number of amides is 1. The molecule has 0 fully saturated rings. The summed E-state index contributed by atoms with van der Waals surface area (Å²) >= 11 is 0. The molecule has 5 heteroatoms. The van der Waals surface area contributed by atoms with Crippen molar-refractivity contribution in [2.24, 2.45) is 13.0 Å². The van der Waals surface area contributed by atoms with Crippen LogP contribution in [0.2, 0.25) is 0 Å². The molecular weight excluding hydrogens is 252 g/mol. The predicted octanol–water partition coefficient (Wildman–Crippen LogP) is 1.32. The molecule has 0 bridgehead atoms. The van der Waals surface area contributed by atoms with Crippen LogP contribution >= 0.6 is 0 Å². The number of rotatable bonds is 3. The van der Waals surface area contributed by atoms with E-state index in [1.54, 1.807) is 4.68 Å². The van der Waals surface area contributed by atoms with Crippen LogP contribution in [0.5, 0.6) is 0 Å². The Hall–Kier alpha value is -2.30. The molecule has 1 amide bonds. The van der Waals surface area contributed by atoms with Crippen LogP contribution in [0.25, 0.3) is 0 Å². The lowest BCUT2D eigenvalue weighted by atomic mass is 9.93. The van der Waals surface area contributed by atoms with Crippen LogP contribution in [0.4, 0.5) is 5.69 Å². The number of hydrogen-bond acceptors (Lipinski definition) is 3. The third kappa shape index (κ3) is 2.66. The van der Waals surface area contributed by atoms with Gasteiger partial charge in [0, 0.05) is 25.5 Å². The van der Waals surface area contributed by atoms with Gasteiger partial charge < -0.3 is 10.6 Å². The highest BCUT2D eigenvalue weighted by Crippen LogP contribution is 2.24. The van der Waals surface area contributed by atoms with Crippen LogP contribution in [-0.2, 0) is 24.8 Å². The zero-order valence-electron chi connectivity index (χ0n) is 11.5. The second-order valence-electron chi connectivity index (χ2n) is 5.14. The van der Waals surface area contributed by atoms with Gasteiger partial charge in [-0.25, -0.2) is 0 Å². The highest BCUT2D eigenvalue weighted by molar-refractivity contribution is 5.80. The minimum absolute atomic E-state index is 0.0198. The van der Waals surface area contributed by atoms with Crippen LogP contribution < -0.4 is 10.6 Å². The molecule has 1 aromatic carbocycles. The Morgan fingerprint density at radius 1 is 1.45 bits per heavy atom. The first-order valence-corrected chi connectivity index (χ1v) is 6.80. The smallest absolute Gasteiger partial charge is 0.225 e. The van der Waals surface area contributed by atoms with E-state index in [2.05, 4.69) is 27.9 Å². The zero-order chi connectivity index (χ0) is 13.9. The Balaban J connectivity index is 1.59. The molecule has 1 atom stereocenters. The molecular formula is C15H18N4O. The van der Waals surface area contributed by atoms with Crippen LogP contribution in [0.15, 0.2) is 36.5 Å². The molecule has 1 aliphatic rings. The lowest BCUT2D eigenvalue weighted by Gasteiger charge is -2.25. The molecule has 0 radical (unpaired) electrons. The number of hydrogen-bond donors (Lipinski definition) is 2. The fourth-order valence-corrected chi connectivity index (χ4v) is 2.51. The quantitative estimate of drug-likeness (QED) is 0.884. The van der Waals surface area contributed by atoms with E-state index < -0.39 is 0 Å². The maximum atomic E-state index is 12.2. The molecule has 5 nitrogen and oxygen atoms in total. The molecule has 1 unspecified atom stereocenters. The zero-order valence-corrected chi connectivity index (χ0v) is 11.5. The van der Waals surface area contributed by atoms with E-state index in [0.29, 0.717) is 13.1 Å². The second kappa shape index (κ2) is 5.36. The van der Waals surface area contributed by atoms with Crippen molar-refractivity contribution in [1.29, 1.82) is 0 Å². The molecule has 20 heavy (non-hydrogen) atoms. The summed E-state index contributed by atoms with van der Waals surface area (Å²) in [5.74, 6) is 0.0614. The SMILES string of the molecule is Cn1ccc(CNC(=O)C2CNc3ccccc3C2)n1. The van der Waals surface area contributed by atoms with Crippen molar-refractivity contribution in [3.63, 3.8) is 0 Å². The molecule has 1 aliphatic heterocycles. The van der Waals surface area contributed by atoms with Gasteiger partial charge in [-0.1, -0.05) is 18.2 Å². The summed E-state index contributed by atoms with van der Waals surface area (Å²) in [6, 6.07) is 10.1. The summed E-state index contributed by atoms with van der Waals surface area (Å²) in [6.45, 7) is 1.17. The van der Waals surface area contributed by atoms with Gasteiger partial charge in [-0.15, -0.1) is 0 Å². The average molecular weight is 270 g/mol. The molecule has 0 spiro atoms. The number of carbonyl (C=O) groups excluding carboxylic acids is 1. The van der Waals surface area contributed by atoms with Crippen LogP contribution in [-0.4, -0.2) is 22.2 Å². The van der Waals surface area contributed by atoms with Crippen LogP contribution in [0.3, 0.4) is 0 Å². The van der Waals surface area contributed by atoms with E-state index in [0.717, 1.165) is 17.8 Å². The van der Waals surface area contributed by atoms with Crippen molar-refractivity contribution < 1.29 is 4.79 Å². The maximum Gasteiger partial charge on any atom is 0.225 e. The first-order chi connectivity index (χ1) is 9.72. The molecule has 2 N–H and O–H groups in total. The predicted molar refractivity (Wildman–Crippen MR) is 77.2 cm³/mol. The third-order valence-corrected chi connectivity index (χ3v) is 3.61. The normalized spacial score (nSPS) is 17.1. The molecule has 3 rings (SSSR count). The van der Waals surface area contributed by atoms with Gasteiger partial charge in [-0.05, 0) is 24.1 Å². The summed E-state index contributed by atoms with van der Waals surface area (Å²) in [6.07, 6.45) is 2.66. The Morgan fingerprint density at radius 2 is 2.30 bits per heavy atom. The lowest BCUT2D eigenvalue weighted by molar-refractivity contribution is -0.124. The van der Waals surface area contributed by atoms with Gasteiger partial charge in [0.05, 0.1) is 18.2 Å². The van der Waals surface area contributed by atoms with E-state index in [4.69, 9.17) is 0 Å². The first kappa shape index (κ1) is 12.7. The van der Waals surface area contributed by atoms with Crippen molar-refractivity contribution in [1.82, 2.24) is 15.1 Å². The number of carbonyl (C=O) groups is 1. The number of aryl methyl sites for hydroxylation is 1. The van der Waals surface area contributed by atoms with Gasteiger partial charge in [-0.3, -0.25) is 9.48 Å². The van der Waals surface area contributed by atoms with Gasteiger partial charge in [-0.2, -0.15) is 5.10 Å². The summed E-state index contributed by atoms with van der Waals surface area (Å²) in [5.41, 5.74) is 3.23. The Morgan fingerprint density at radius 3 is 3.10 bits per heavy atom. The van der Waals surface area contributed by atoms with Crippen molar-refractivity contribution in [3.8, 4) is 0 Å². The van der Waals surface area contributed by atoms with Crippen molar-refractivity contribution in [2.45, 2.75) is 13.0 Å². The molecule has 2 aromatic rings. The topological polar surface area (TPSA) is 59.0 Å². The number of anilines is 1. The highest BCUT2D eigenvalue weighted by atomic mass is 16.1. The largest absolute Gasteiger partial charge is 0.384 e. The monoisotopic (exact) mass is 270 g/mol. The van der Waals surface area contributed by atoms with Crippen molar-refractivity contribution in [3.05, 3.63) is 47.8 Å². The lowest BCUT2D eigenvalue weighted by Crippen LogP contribution is -2.37. The Kier molecular flexibility index (Phi) is 3.41. The molecule has 2 heterocycles. The van der Waals surface area contributed by atoms with Gasteiger partial charge in [0.25, 0.3) is 0 Å². The van der Waals surface area contributed by atoms with Crippen LogP contribution in [0.1, 0.15) is 11.3 Å². The van der Waals surface area contributed by atoms with E-state index in [-0.39, 0.29) is 11.8 Å². The summed E-state index contributed by atoms with van der Waals surface area (Å²) in [7, 11) is 1.87. The number of benzene rings is 1. The van der Waals surface area contributed by atoms with E-state index >= 15 is 0 Å². The standard InChI is InChI=1S/C15H18N4O/c1-19-7-6-13(18-19)10-17-15(20)12-8-11-4-2-3-5-14(11)16-9-12/h2-7,12,16H,8-10H2,1H3,(H,17,20). The highest BCUT2D eigenvalue weighted by Gasteiger charge is 2.23. The fraction of sp³-hybridized carbons (Fsp3) is 0.333. The van der Waals surface area contributed by atoms with E-state index in [1.807, 2.05) is 31.4 Å². The molecule has 0 aliphatic carbocycles. The van der Waals surface area contributed by atoms with Crippen molar-refractivity contribution >= 4 is 11.6 Å². The van der Waals surface area contributed by atoms with Crippen LogP contribution in [0, 0.1) is 5.92 Å². The fourth-order valence-electron chi connectivity index (χ4n) is 2.51. The number of aromatic nitrogens is 2. The van der Waals surface area contributed by atoms with Gasteiger partial charge in [0.2, 0.25) is 5.91 Å². The molecule has 104 valence electrons. The number of para-hydroxylation sites is 1. The Bertz CT molecular complexity index is 620. The van der Waals surface area contributed by atoms with Gasteiger partial charge in [0.1, 0.15) is 0 Å². The molecule has 0 saturated heterocycles. The minimum Gasteiger partial charge on any atom is -0.384 e. The molecule has 1 aromatic heterocycles. The molecule has 0 saturated carbocycles. The van der Waals surface area contributed by atoms with Gasteiger partial charge >= 0.3 is 0 Å². The number of fused-ring (bicyclic) bond motifs is 1. The van der Waals surface area contributed by atoms with Gasteiger partial charge in [0.15, 0.2) is 0 Å². The van der Waals surface area contributed by atoms with E-state index in [1.165, 1.54) is 5.56 Å².